The van der Waals surface area contributed by atoms with Crippen molar-refractivity contribution in [3.8, 4) is 5.75 Å². The van der Waals surface area contributed by atoms with Gasteiger partial charge in [0.15, 0.2) is 6.79 Å². The lowest BCUT2D eigenvalue weighted by atomic mass is 9.95. The van der Waals surface area contributed by atoms with Crippen molar-refractivity contribution in [1.29, 1.82) is 0 Å². The lowest BCUT2D eigenvalue weighted by molar-refractivity contribution is -0.120. The average molecular weight is 479 g/mol. The second kappa shape index (κ2) is 10.2. The number of carbonyl (C=O) groups excluding carboxylic acids is 1. The van der Waals surface area contributed by atoms with E-state index in [4.69, 9.17) is 9.47 Å². The van der Waals surface area contributed by atoms with Gasteiger partial charge in [-0.15, -0.1) is 0 Å². The van der Waals surface area contributed by atoms with Gasteiger partial charge in [0.1, 0.15) is 11.6 Å². The predicted molar refractivity (Wildman–Crippen MR) is 123 cm³/mol. The normalized spacial score (nSPS) is 13.4. The minimum absolute atomic E-state index is 0.00719. The summed E-state index contributed by atoms with van der Waals surface area (Å²) in [6.07, 6.45) is 0.380. The Labute approximate surface area is 194 Å². The molecule has 7 nitrogen and oxygen atoms in total. The third-order valence-electron chi connectivity index (χ3n) is 6.31. The van der Waals surface area contributed by atoms with Crippen LogP contribution in [0.3, 0.4) is 0 Å². The van der Waals surface area contributed by atoms with Crippen LogP contribution in [0.15, 0.2) is 17.0 Å². The van der Waals surface area contributed by atoms with Crippen LogP contribution in [0.2, 0.25) is 0 Å². The second-order valence-corrected chi connectivity index (χ2v) is 10.1. The van der Waals surface area contributed by atoms with Crippen molar-refractivity contribution in [2.75, 3.05) is 19.9 Å². The van der Waals surface area contributed by atoms with Crippen LogP contribution in [-0.4, -0.2) is 34.2 Å². The molecule has 0 radical (unpaired) electrons. The summed E-state index contributed by atoms with van der Waals surface area (Å²) in [7, 11) is -3.76. The van der Waals surface area contributed by atoms with Crippen LogP contribution in [0, 0.1) is 40.4 Å². The smallest absolute Gasteiger partial charge is 0.241 e. The van der Waals surface area contributed by atoms with E-state index >= 15 is 0 Å². The van der Waals surface area contributed by atoms with Crippen LogP contribution in [-0.2, 0) is 32.6 Å². The minimum Gasteiger partial charge on any atom is -0.467 e. The van der Waals surface area contributed by atoms with E-state index < -0.39 is 10.0 Å². The zero-order valence-corrected chi connectivity index (χ0v) is 20.5. The molecule has 0 aromatic heterocycles. The summed E-state index contributed by atoms with van der Waals surface area (Å²) in [4.78, 5) is 12.5. The van der Waals surface area contributed by atoms with Gasteiger partial charge >= 0.3 is 0 Å². The molecule has 2 aromatic rings. The number of hydrogen-bond acceptors (Lipinski definition) is 5. The van der Waals surface area contributed by atoms with Gasteiger partial charge in [-0.2, -0.15) is 0 Å². The number of nitrogens with one attached hydrogen (secondary N) is 2. The largest absolute Gasteiger partial charge is 0.467 e. The third-order valence-corrected chi connectivity index (χ3v) is 8.05. The predicted octanol–water partition coefficient (Wildman–Crippen LogP) is 3.26. The number of hydrogen-bond donors (Lipinski definition) is 2. The van der Waals surface area contributed by atoms with E-state index in [0.29, 0.717) is 23.3 Å². The molecule has 9 heteroatoms. The Hall–Kier alpha value is -2.49. The van der Waals surface area contributed by atoms with Gasteiger partial charge in [0.25, 0.3) is 0 Å². The van der Waals surface area contributed by atoms with E-state index in [1.54, 1.807) is 13.8 Å². The number of fused-ring (bicyclic) bond motifs is 1. The van der Waals surface area contributed by atoms with Gasteiger partial charge in [0.2, 0.25) is 15.9 Å². The summed E-state index contributed by atoms with van der Waals surface area (Å²) < 4.78 is 52.9. The molecule has 2 aromatic carbocycles. The van der Waals surface area contributed by atoms with E-state index in [-0.39, 0.29) is 49.5 Å². The van der Waals surface area contributed by atoms with Crippen LogP contribution < -0.4 is 14.8 Å². The van der Waals surface area contributed by atoms with Gasteiger partial charge in [0, 0.05) is 25.1 Å². The molecule has 2 N–H and O–H groups in total. The fourth-order valence-corrected chi connectivity index (χ4v) is 5.73. The third kappa shape index (κ3) is 5.54. The average Bonchev–Trinajstić information content (AvgIpc) is 2.76. The summed E-state index contributed by atoms with van der Waals surface area (Å²) in [5, 5.41) is 2.75. The van der Waals surface area contributed by atoms with Crippen molar-refractivity contribution >= 4 is 15.9 Å². The summed E-state index contributed by atoms with van der Waals surface area (Å²) in [5.41, 5.74) is 5.73. The first-order valence-corrected chi connectivity index (χ1v) is 12.4. The highest BCUT2D eigenvalue weighted by Crippen LogP contribution is 2.30. The number of sulfonamides is 1. The van der Waals surface area contributed by atoms with Crippen LogP contribution >= 0.6 is 0 Å². The first-order chi connectivity index (χ1) is 15.5. The maximum Gasteiger partial charge on any atom is 0.241 e. The fraction of sp³-hybridized carbons (Fsp3) is 0.458. The number of halogens is 1. The van der Waals surface area contributed by atoms with Gasteiger partial charge in [0.05, 0.1) is 11.5 Å². The molecule has 1 aliphatic heterocycles. The number of rotatable bonds is 8. The van der Waals surface area contributed by atoms with E-state index in [2.05, 4.69) is 10.0 Å². The van der Waals surface area contributed by atoms with Crippen molar-refractivity contribution < 1.29 is 27.1 Å². The zero-order chi connectivity index (χ0) is 24.3. The molecule has 0 bridgehead atoms. The van der Waals surface area contributed by atoms with Gasteiger partial charge in [-0.3, -0.25) is 4.79 Å². The van der Waals surface area contributed by atoms with Crippen LogP contribution in [0.25, 0.3) is 0 Å². The topological polar surface area (TPSA) is 93.7 Å². The highest BCUT2D eigenvalue weighted by Gasteiger charge is 2.23. The summed E-state index contributed by atoms with van der Waals surface area (Å²) >= 11 is 0. The molecule has 180 valence electrons. The van der Waals surface area contributed by atoms with E-state index in [1.807, 2.05) is 20.8 Å². The standard InChI is InChI=1S/C24H31FN2O5S/c1-14-15(2)17(4)24(18(5)16(14)3)33(29,30)27-9-7-22(28)26-8-6-19-10-21(25)11-20-12-31-13-32-23(19)20/h10-11,27H,6-9,12-13H2,1-5H3,(H,26,28). The number of amides is 1. The molecular formula is C24H31FN2O5S. The minimum atomic E-state index is -3.76. The lowest BCUT2D eigenvalue weighted by Crippen LogP contribution is -2.32. The Kier molecular flexibility index (Phi) is 7.76. The van der Waals surface area contributed by atoms with Gasteiger partial charge in [-0.1, -0.05) is 0 Å². The number of ether oxygens (including phenoxy) is 2. The van der Waals surface area contributed by atoms with Gasteiger partial charge in [-0.25, -0.2) is 17.5 Å². The molecule has 0 fully saturated rings. The molecule has 0 aliphatic carbocycles. The second-order valence-electron chi connectivity index (χ2n) is 8.37. The highest BCUT2D eigenvalue weighted by atomic mass is 32.2. The molecule has 1 amide bonds. The molecule has 3 rings (SSSR count). The Morgan fingerprint density at radius 2 is 1.64 bits per heavy atom. The van der Waals surface area contributed by atoms with Crippen molar-refractivity contribution in [2.45, 2.75) is 59.0 Å². The Morgan fingerprint density at radius 1 is 1.00 bits per heavy atom. The monoisotopic (exact) mass is 478 g/mol. The zero-order valence-electron chi connectivity index (χ0n) is 19.7. The molecule has 1 heterocycles. The molecule has 33 heavy (non-hydrogen) atoms. The van der Waals surface area contributed by atoms with E-state index in [1.165, 1.54) is 12.1 Å². The highest BCUT2D eigenvalue weighted by molar-refractivity contribution is 7.89. The van der Waals surface area contributed by atoms with Gasteiger partial charge in [-0.05, 0) is 86.6 Å². The lowest BCUT2D eigenvalue weighted by Gasteiger charge is -2.21. The SMILES string of the molecule is Cc1c(C)c(C)c(S(=O)(=O)NCCC(=O)NCCc2cc(F)cc3c2OCOC3)c(C)c1C. The molecule has 1 aliphatic rings. The first-order valence-electron chi connectivity index (χ1n) is 10.9. The Morgan fingerprint density at radius 3 is 2.30 bits per heavy atom. The van der Waals surface area contributed by atoms with Crippen molar-refractivity contribution in [3.63, 3.8) is 0 Å². The van der Waals surface area contributed by atoms with E-state index in [9.17, 15) is 17.6 Å². The summed E-state index contributed by atoms with van der Waals surface area (Å²) in [5.74, 6) is -0.0817. The molecule has 0 unspecified atom stereocenters. The summed E-state index contributed by atoms with van der Waals surface area (Å²) in [6.45, 7) is 10.1. The maximum absolute atomic E-state index is 13.8. The van der Waals surface area contributed by atoms with Crippen LogP contribution in [0.1, 0.15) is 45.4 Å². The number of carbonyl (C=O) groups is 1. The Bertz CT molecular complexity index is 1150. The van der Waals surface area contributed by atoms with E-state index in [0.717, 1.165) is 27.8 Å². The quantitative estimate of drug-likeness (QED) is 0.608. The van der Waals surface area contributed by atoms with Gasteiger partial charge < -0.3 is 14.8 Å². The van der Waals surface area contributed by atoms with Crippen LogP contribution in [0.5, 0.6) is 5.75 Å². The first kappa shape index (κ1) is 25.1. The van der Waals surface area contributed by atoms with Crippen molar-refractivity contribution in [3.05, 3.63) is 56.9 Å². The fourth-order valence-electron chi connectivity index (χ4n) is 4.11. The molecule has 0 atom stereocenters. The Balaban J connectivity index is 1.55. The maximum atomic E-state index is 13.8. The molecule has 0 saturated heterocycles. The van der Waals surface area contributed by atoms with Crippen molar-refractivity contribution in [2.24, 2.45) is 0 Å². The number of benzene rings is 2. The van der Waals surface area contributed by atoms with Crippen molar-refractivity contribution in [1.82, 2.24) is 10.0 Å². The van der Waals surface area contributed by atoms with Crippen LogP contribution in [0.4, 0.5) is 4.39 Å². The molecule has 0 spiro atoms. The molecule has 0 saturated carbocycles. The molecular weight excluding hydrogens is 447 g/mol. The summed E-state index contributed by atoms with van der Waals surface area (Å²) in [6, 6.07) is 2.77.